The number of rotatable bonds is 0. The standard InChI is InChI=1S/C12H16O2Se2/c1-11(2)5-7(13)9(15-11)10-8(14)6-12(3,4)16-10/h5-6H2,1-4H3/b10-9+. The molecule has 4 heteroatoms. The average Bonchev–Trinajstić information content (AvgIpc) is 2.48. The summed E-state index contributed by atoms with van der Waals surface area (Å²) in [6.07, 6.45) is 1.27. The van der Waals surface area contributed by atoms with Crippen LogP contribution in [-0.4, -0.2) is 41.5 Å². The van der Waals surface area contributed by atoms with Gasteiger partial charge in [0.15, 0.2) is 0 Å². The van der Waals surface area contributed by atoms with Crippen molar-refractivity contribution < 1.29 is 9.59 Å². The van der Waals surface area contributed by atoms with Gasteiger partial charge in [-0.3, -0.25) is 0 Å². The first-order chi connectivity index (χ1) is 7.20. The Morgan fingerprint density at radius 3 is 1.31 bits per heavy atom. The molecule has 0 amide bonds. The second kappa shape index (κ2) is 3.81. The van der Waals surface area contributed by atoms with Crippen LogP contribution in [0.5, 0.6) is 0 Å². The van der Waals surface area contributed by atoms with Crippen molar-refractivity contribution in [2.24, 2.45) is 0 Å². The van der Waals surface area contributed by atoms with E-state index in [1.165, 1.54) is 0 Å². The van der Waals surface area contributed by atoms with Crippen LogP contribution in [0.25, 0.3) is 0 Å². The molecule has 2 aliphatic heterocycles. The summed E-state index contributed by atoms with van der Waals surface area (Å²) in [6, 6.07) is 0. The zero-order chi connectivity index (χ0) is 12.1. The summed E-state index contributed by atoms with van der Waals surface area (Å²) in [7, 11) is 0. The van der Waals surface area contributed by atoms with Crippen LogP contribution in [0.2, 0.25) is 8.63 Å². The van der Waals surface area contributed by atoms with Gasteiger partial charge in [0.05, 0.1) is 0 Å². The first-order valence-corrected chi connectivity index (χ1v) is 8.82. The van der Waals surface area contributed by atoms with Crippen molar-refractivity contribution in [3.63, 3.8) is 0 Å². The summed E-state index contributed by atoms with van der Waals surface area (Å²) >= 11 is 0.383. The Balaban J connectivity index is 2.37. The van der Waals surface area contributed by atoms with E-state index in [0.29, 0.717) is 12.8 Å². The fourth-order valence-corrected chi connectivity index (χ4v) is 7.75. The van der Waals surface area contributed by atoms with E-state index in [2.05, 4.69) is 27.7 Å². The Labute approximate surface area is 109 Å². The fourth-order valence-electron chi connectivity index (χ4n) is 2.02. The predicted molar refractivity (Wildman–Crippen MR) is 65.9 cm³/mol. The van der Waals surface area contributed by atoms with E-state index in [1.807, 2.05) is 0 Å². The molecule has 16 heavy (non-hydrogen) atoms. The van der Waals surface area contributed by atoms with Crippen molar-refractivity contribution >= 4 is 41.5 Å². The Hall–Kier alpha value is 0.119. The topological polar surface area (TPSA) is 34.1 Å². The van der Waals surface area contributed by atoms with Gasteiger partial charge < -0.3 is 0 Å². The number of ketones is 2. The minimum absolute atomic E-state index is 0.121. The SMILES string of the molecule is CC1(C)CC(=O)/C(=C2\[Se]C(C)(C)CC2=O)[Se]1. The molecule has 2 heterocycles. The Kier molecular flexibility index (Phi) is 3.00. The molecule has 0 saturated carbocycles. The molecular weight excluding hydrogens is 334 g/mol. The predicted octanol–water partition coefficient (Wildman–Crippen LogP) is 1.95. The molecule has 0 aliphatic carbocycles. The van der Waals surface area contributed by atoms with Gasteiger partial charge in [0.25, 0.3) is 0 Å². The van der Waals surface area contributed by atoms with E-state index in [9.17, 15) is 9.59 Å². The Morgan fingerprint density at radius 1 is 0.812 bits per heavy atom. The van der Waals surface area contributed by atoms with Crippen LogP contribution in [-0.2, 0) is 9.59 Å². The van der Waals surface area contributed by atoms with Crippen LogP contribution in [0.4, 0.5) is 0 Å². The van der Waals surface area contributed by atoms with Gasteiger partial charge in [0.2, 0.25) is 0 Å². The molecule has 2 fully saturated rings. The fraction of sp³-hybridized carbons (Fsp3) is 0.667. The molecule has 0 atom stereocenters. The van der Waals surface area contributed by atoms with Crippen LogP contribution in [0, 0.1) is 0 Å². The van der Waals surface area contributed by atoms with Crippen LogP contribution in [0.15, 0.2) is 8.94 Å². The van der Waals surface area contributed by atoms with Gasteiger partial charge in [0, 0.05) is 0 Å². The molecule has 0 unspecified atom stereocenters. The molecular formula is C12H16O2Se2. The van der Waals surface area contributed by atoms with E-state index < -0.39 is 0 Å². The summed E-state index contributed by atoms with van der Waals surface area (Å²) in [6.45, 7) is 8.54. The summed E-state index contributed by atoms with van der Waals surface area (Å²) in [5.74, 6) is 0.487. The summed E-state index contributed by atoms with van der Waals surface area (Å²) < 4.78 is 2.09. The third-order valence-corrected chi connectivity index (χ3v) is 8.89. The van der Waals surface area contributed by atoms with Gasteiger partial charge in [-0.25, -0.2) is 0 Å². The molecule has 0 aromatic rings. The van der Waals surface area contributed by atoms with E-state index in [0.717, 1.165) is 8.94 Å². The number of carbonyl (C=O) groups excluding carboxylic acids is 2. The molecule has 2 nitrogen and oxygen atoms in total. The molecule has 2 aliphatic rings. The first-order valence-electron chi connectivity index (χ1n) is 5.39. The number of Topliss-reactive ketones (excluding diaryl/α,β-unsaturated/α-hetero) is 2. The molecule has 0 spiro atoms. The number of hydrogen-bond acceptors (Lipinski definition) is 2. The van der Waals surface area contributed by atoms with Gasteiger partial charge in [-0.1, -0.05) is 0 Å². The third kappa shape index (κ3) is 2.36. The summed E-state index contributed by atoms with van der Waals surface area (Å²) in [5.41, 5.74) is 0. The molecule has 0 N–H and O–H groups in total. The monoisotopic (exact) mass is 352 g/mol. The van der Waals surface area contributed by atoms with Crippen LogP contribution < -0.4 is 0 Å². The second-order valence-electron chi connectivity index (χ2n) is 5.58. The normalized spacial score (nSPS) is 32.5. The zero-order valence-electron chi connectivity index (χ0n) is 10.0. The average molecular weight is 350 g/mol. The van der Waals surface area contributed by atoms with Crippen molar-refractivity contribution in [1.29, 1.82) is 0 Å². The van der Waals surface area contributed by atoms with Crippen molar-refractivity contribution in [2.75, 3.05) is 0 Å². The maximum atomic E-state index is 11.9. The Bertz CT molecular complexity index is 367. The molecule has 2 rings (SSSR count). The van der Waals surface area contributed by atoms with E-state index >= 15 is 0 Å². The molecule has 2 saturated heterocycles. The van der Waals surface area contributed by atoms with Crippen molar-refractivity contribution in [1.82, 2.24) is 0 Å². The van der Waals surface area contributed by atoms with Crippen molar-refractivity contribution in [3.05, 3.63) is 8.94 Å². The van der Waals surface area contributed by atoms with E-state index in [-0.39, 0.29) is 50.1 Å². The van der Waals surface area contributed by atoms with Crippen LogP contribution >= 0.6 is 0 Å². The van der Waals surface area contributed by atoms with Gasteiger partial charge in [0.1, 0.15) is 0 Å². The van der Waals surface area contributed by atoms with Gasteiger partial charge in [-0.2, -0.15) is 0 Å². The van der Waals surface area contributed by atoms with Crippen LogP contribution in [0.3, 0.4) is 0 Å². The molecule has 88 valence electrons. The molecule has 0 bridgehead atoms. The minimum atomic E-state index is 0.121. The van der Waals surface area contributed by atoms with Gasteiger partial charge >= 0.3 is 109 Å². The quantitative estimate of drug-likeness (QED) is 0.494. The molecule has 0 aromatic heterocycles. The second-order valence-corrected chi connectivity index (χ2v) is 12.8. The number of carbonyl (C=O) groups is 2. The van der Waals surface area contributed by atoms with Crippen LogP contribution in [0.1, 0.15) is 40.5 Å². The van der Waals surface area contributed by atoms with Crippen molar-refractivity contribution in [3.8, 4) is 0 Å². The summed E-state index contributed by atoms with van der Waals surface area (Å²) in [4.78, 5) is 23.9. The van der Waals surface area contributed by atoms with E-state index in [4.69, 9.17) is 0 Å². The molecule has 0 radical (unpaired) electrons. The van der Waals surface area contributed by atoms with Gasteiger partial charge in [-0.15, -0.1) is 0 Å². The zero-order valence-corrected chi connectivity index (χ0v) is 13.5. The Morgan fingerprint density at radius 2 is 1.12 bits per heavy atom. The summed E-state index contributed by atoms with van der Waals surface area (Å²) in [5, 5.41) is 0. The number of allylic oxidation sites excluding steroid dienone is 2. The number of hydrogen-bond donors (Lipinski definition) is 0. The molecule has 0 aromatic carbocycles. The van der Waals surface area contributed by atoms with Gasteiger partial charge in [-0.05, 0) is 0 Å². The van der Waals surface area contributed by atoms with Crippen molar-refractivity contribution in [2.45, 2.75) is 49.2 Å². The first kappa shape index (κ1) is 12.6. The third-order valence-electron chi connectivity index (χ3n) is 2.64. The maximum absolute atomic E-state index is 11.9. The van der Waals surface area contributed by atoms with E-state index in [1.54, 1.807) is 0 Å².